The van der Waals surface area contributed by atoms with Crippen LogP contribution in [0.2, 0.25) is 0 Å². The zero-order chi connectivity index (χ0) is 24.9. The van der Waals surface area contributed by atoms with Gasteiger partial charge in [-0.05, 0) is 72.3 Å². The van der Waals surface area contributed by atoms with E-state index in [1.54, 1.807) is 36.4 Å². The SMILES string of the molecule is COc1ccc(C(=O)C=Cc2cc(-c3ccc(C(=O)O)cc3)ccc2N2CCN(C)CC2)c(F)c1. The molecule has 0 aromatic heterocycles. The normalized spacial score (nSPS) is 14.3. The lowest BCUT2D eigenvalue weighted by Gasteiger charge is -2.35. The molecule has 0 bridgehead atoms. The Morgan fingerprint density at radius 3 is 2.26 bits per heavy atom. The van der Waals surface area contributed by atoms with E-state index in [9.17, 15) is 19.1 Å². The number of hydrogen-bond donors (Lipinski definition) is 1. The summed E-state index contributed by atoms with van der Waals surface area (Å²) >= 11 is 0. The minimum absolute atomic E-state index is 0.0244. The molecule has 0 unspecified atom stereocenters. The van der Waals surface area contributed by atoms with E-state index in [2.05, 4.69) is 16.8 Å². The fraction of sp³-hybridized carbons (Fsp3) is 0.214. The van der Waals surface area contributed by atoms with Crippen molar-refractivity contribution in [2.24, 2.45) is 0 Å². The lowest BCUT2D eigenvalue weighted by Crippen LogP contribution is -2.44. The molecule has 0 atom stereocenters. The van der Waals surface area contributed by atoms with Crippen molar-refractivity contribution < 1.29 is 23.8 Å². The standard InChI is InChI=1S/C28H27FN2O4/c1-30-13-15-31(16-14-30)26-11-7-21(19-3-5-20(6-4-19)28(33)34)17-22(26)8-12-27(32)24-10-9-23(35-2)18-25(24)29/h3-12,17-18H,13-16H2,1-2H3,(H,33,34). The van der Waals surface area contributed by atoms with Gasteiger partial charge in [-0.2, -0.15) is 0 Å². The van der Waals surface area contributed by atoms with Gasteiger partial charge in [0.1, 0.15) is 11.6 Å². The lowest BCUT2D eigenvalue weighted by molar-refractivity contribution is 0.0696. The summed E-state index contributed by atoms with van der Waals surface area (Å²) in [5.41, 5.74) is 3.77. The zero-order valence-corrected chi connectivity index (χ0v) is 19.7. The highest BCUT2D eigenvalue weighted by molar-refractivity contribution is 6.07. The number of carbonyl (C=O) groups excluding carboxylic acids is 1. The Hall–Kier alpha value is -3.97. The fourth-order valence-corrected chi connectivity index (χ4v) is 4.09. The number of piperazine rings is 1. The number of rotatable bonds is 7. The van der Waals surface area contributed by atoms with Crippen molar-refractivity contribution in [3.05, 3.63) is 89.2 Å². The molecule has 1 N–H and O–H groups in total. The number of carboxylic acids is 1. The molecule has 180 valence electrons. The Bertz CT molecular complexity index is 1260. The molecule has 6 nitrogen and oxygen atoms in total. The summed E-state index contributed by atoms with van der Waals surface area (Å²) in [4.78, 5) is 28.5. The predicted molar refractivity (Wildman–Crippen MR) is 135 cm³/mol. The van der Waals surface area contributed by atoms with Gasteiger partial charge in [-0.15, -0.1) is 0 Å². The van der Waals surface area contributed by atoms with Gasteiger partial charge in [-0.1, -0.05) is 18.2 Å². The van der Waals surface area contributed by atoms with E-state index >= 15 is 0 Å². The van der Waals surface area contributed by atoms with Gasteiger partial charge in [0.2, 0.25) is 0 Å². The lowest BCUT2D eigenvalue weighted by atomic mass is 9.99. The largest absolute Gasteiger partial charge is 0.497 e. The van der Waals surface area contributed by atoms with E-state index in [4.69, 9.17) is 4.74 Å². The monoisotopic (exact) mass is 474 g/mol. The molecule has 3 aromatic carbocycles. The van der Waals surface area contributed by atoms with Crippen molar-refractivity contribution in [2.75, 3.05) is 45.2 Å². The fourth-order valence-electron chi connectivity index (χ4n) is 4.09. The van der Waals surface area contributed by atoms with Crippen molar-refractivity contribution >= 4 is 23.5 Å². The first kappa shape index (κ1) is 24.2. The van der Waals surface area contributed by atoms with E-state index < -0.39 is 17.6 Å². The number of ether oxygens (including phenoxy) is 1. The molecule has 1 heterocycles. The number of hydrogen-bond acceptors (Lipinski definition) is 5. The summed E-state index contributed by atoms with van der Waals surface area (Å²) in [5, 5.41) is 9.17. The zero-order valence-electron chi connectivity index (χ0n) is 19.7. The molecule has 1 fully saturated rings. The summed E-state index contributed by atoms with van der Waals surface area (Å²) in [6.45, 7) is 3.56. The second-order valence-corrected chi connectivity index (χ2v) is 8.49. The van der Waals surface area contributed by atoms with Crippen LogP contribution in [-0.2, 0) is 0 Å². The van der Waals surface area contributed by atoms with Gasteiger partial charge in [0.15, 0.2) is 5.78 Å². The molecule has 3 aromatic rings. The van der Waals surface area contributed by atoms with Crippen LogP contribution in [0.5, 0.6) is 5.75 Å². The summed E-state index contributed by atoms with van der Waals surface area (Å²) in [7, 11) is 3.53. The Morgan fingerprint density at radius 2 is 1.63 bits per heavy atom. The molecule has 7 heteroatoms. The van der Waals surface area contributed by atoms with Crippen LogP contribution in [0.15, 0.2) is 66.7 Å². The molecule has 35 heavy (non-hydrogen) atoms. The third-order valence-corrected chi connectivity index (χ3v) is 6.19. The third kappa shape index (κ3) is 5.58. The average molecular weight is 475 g/mol. The van der Waals surface area contributed by atoms with Crippen LogP contribution in [-0.4, -0.2) is 62.1 Å². The van der Waals surface area contributed by atoms with Crippen molar-refractivity contribution in [3.8, 4) is 16.9 Å². The Morgan fingerprint density at radius 1 is 0.943 bits per heavy atom. The molecule has 0 amide bonds. The van der Waals surface area contributed by atoms with Crippen LogP contribution in [0.25, 0.3) is 17.2 Å². The molecule has 0 spiro atoms. The van der Waals surface area contributed by atoms with Crippen molar-refractivity contribution in [1.29, 1.82) is 0 Å². The van der Waals surface area contributed by atoms with Crippen molar-refractivity contribution in [1.82, 2.24) is 4.90 Å². The van der Waals surface area contributed by atoms with E-state index in [1.165, 1.54) is 25.3 Å². The number of carbonyl (C=O) groups is 2. The molecule has 1 saturated heterocycles. The van der Waals surface area contributed by atoms with Crippen molar-refractivity contribution in [3.63, 3.8) is 0 Å². The first-order chi connectivity index (χ1) is 16.9. The molecule has 1 aliphatic heterocycles. The molecule has 0 saturated carbocycles. The maximum atomic E-state index is 14.4. The highest BCUT2D eigenvalue weighted by Gasteiger charge is 2.18. The number of benzene rings is 3. The highest BCUT2D eigenvalue weighted by atomic mass is 19.1. The smallest absolute Gasteiger partial charge is 0.335 e. The Kier molecular flexibility index (Phi) is 7.27. The van der Waals surface area contributed by atoms with Gasteiger partial charge < -0.3 is 19.6 Å². The number of allylic oxidation sites excluding steroid dienone is 1. The molecule has 0 radical (unpaired) electrons. The van der Waals surface area contributed by atoms with Crippen LogP contribution in [0, 0.1) is 5.82 Å². The minimum Gasteiger partial charge on any atom is -0.497 e. The first-order valence-electron chi connectivity index (χ1n) is 11.3. The number of methoxy groups -OCH3 is 1. The minimum atomic E-state index is -0.977. The van der Waals surface area contributed by atoms with Gasteiger partial charge in [0, 0.05) is 37.9 Å². The Balaban J connectivity index is 1.68. The van der Waals surface area contributed by atoms with Crippen LogP contribution in [0.4, 0.5) is 10.1 Å². The number of aromatic carboxylic acids is 1. The summed E-state index contributed by atoms with van der Waals surface area (Å²) in [5.74, 6) is -1.70. The van der Waals surface area contributed by atoms with E-state index in [0.29, 0.717) is 5.75 Å². The topological polar surface area (TPSA) is 70.1 Å². The number of nitrogens with zero attached hydrogens (tertiary/aromatic N) is 2. The number of halogens is 1. The molecular formula is C28H27FN2O4. The van der Waals surface area contributed by atoms with Crippen LogP contribution < -0.4 is 9.64 Å². The predicted octanol–water partition coefficient (Wildman–Crippen LogP) is 4.85. The first-order valence-corrected chi connectivity index (χ1v) is 11.3. The second-order valence-electron chi connectivity index (χ2n) is 8.49. The van der Waals surface area contributed by atoms with E-state index in [0.717, 1.165) is 48.6 Å². The second kappa shape index (κ2) is 10.5. The van der Waals surface area contributed by atoms with Gasteiger partial charge in [0.05, 0.1) is 18.2 Å². The third-order valence-electron chi connectivity index (χ3n) is 6.19. The van der Waals surface area contributed by atoms with Gasteiger partial charge in [0.25, 0.3) is 0 Å². The summed E-state index contributed by atoms with van der Waals surface area (Å²) in [6.07, 6.45) is 3.10. The quantitative estimate of drug-likeness (QED) is 0.390. The maximum absolute atomic E-state index is 14.4. The molecule has 0 aliphatic carbocycles. The number of likely N-dealkylation sites (N-methyl/N-ethyl adjacent to an activating group) is 1. The maximum Gasteiger partial charge on any atom is 0.335 e. The van der Waals surface area contributed by atoms with Gasteiger partial charge in [-0.25, -0.2) is 9.18 Å². The number of carboxylic acid groups (broad SMARTS) is 1. The molecule has 1 aliphatic rings. The van der Waals surface area contributed by atoms with Gasteiger partial charge >= 0.3 is 5.97 Å². The number of anilines is 1. The number of ketones is 1. The highest BCUT2D eigenvalue weighted by Crippen LogP contribution is 2.30. The summed E-state index contributed by atoms with van der Waals surface area (Å²) < 4.78 is 19.4. The van der Waals surface area contributed by atoms with Crippen molar-refractivity contribution in [2.45, 2.75) is 0 Å². The summed E-state index contributed by atoms with van der Waals surface area (Å²) in [6, 6.07) is 16.8. The van der Waals surface area contributed by atoms with Crippen LogP contribution >= 0.6 is 0 Å². The van der Waals surface area contributed by atoms with E-state index in [1.807, 2.05) is 18.2 Å². The Labute approximate surface area is 203 Å². The van der Waals surface area contributed by atoms with Crippen LogP contribution in [0.1, 0.15) is 26.3 Å². The van der Waals surface area contributed by atoms with Crippen LogP contribution in [0.3, 0.4) is 0 Å². The van der Waals surface area contributed by atoms with Gasteiger partial charge in [-0.3, -0.25) is 4.79 Å². The molecular weight excluding hydrogens is 447 g/mol. The molecule has 4 rings (SSSR count). The van der Waals surface area contributed by atoms with E-state index in [-0.39, 0.29) is 11.1 Å². The average Bonchev–Trinajstić information content (AvgIpc) is 2.87.